The second-order valence-corrected chi connectivity index (χ2v) is 8.13. The van der Waals surface area contributed by atoms with Gasteiger partial charge >= 0.3 is 0 Å². The van der Waals surface area contributed by atoms with E-state index in [9.17, 15) is 12.6 Å². The van der Waals surface area contributed by atoms with Crippen LogP contribution in [0.25, 0.3) is 0 Å². The minimum Gasteiger partial charge on any atom is -0.452 e. The molecule has 102 valence electrons. The van der Waals surface area contributed by atoms with Crippen LogP contribution in [0.1, 0.15) is 5.76 Å². The fourth-order valence-electron chi connectivity index (χ4n) is 1.67. The maximum Gasteiger partial charge on any atom is 0.247 e. The van der Waals surface area contributed by atoms with Crippen LogP contribution in [-0.4, -0.2) is 41.5 Å². The molecule has 9 heteroatoms. The number of hydrogen-bond acceptors (Lipinski definition) is 5. The van der Waals surface area contributed by atoms with E-state index in [1.807, 2.05) is 0 Å². The highest BCUT2D eigenvalue weighted by molar-refractivity contribution is 9.10. The Bertz CT molecular complexity index is 559. The quantitative estimate of drug-likeness (QED) is 0.837. The first kappa shape index (κ1) is 14.2. The lowest BCUT2D eigenvalue weighted by atomic mass is 10.5. The molecule has 0 aliphatic carbocycles. The maximum absolute atomic E-state index is 12.3. The van der Waals surface area contributed by atoms with E-state index >= 15 is 0 Å². The second-order valence-electron chi connectivity index (χ2n) is 3.81. The molecular weight excluding hydrogens is 344 g/mol. The summed E-state index contributed by atoms with van der Waals surface area (Å²) in [6, 6.07) is 1.42. The van der Waals surface area contributed by atoms with Crippen molar-refractivity contribution in [1.29, 1.82) is 0 Å². The van der Waals surface area contributed by atoms with Gasteiger partial charge in [-0.15, -0.1) is 0 Å². The van der Waals surface area contributed by atoms with E-state index < -0.39 is 20.8 Å². The fraction of sp³-hybridized carbons (Fsp3) is 0.556. The first-order chi connectivity index (χ1) is 8.45. The monoisotopic (exact) mass is 356 g/mol. The number of rotatable bonds is 3. The predicted molar refractivity (Wildman–Crippen MR) is 70.9 cm³/mol. The number of halogens is 1. The molecule has 1 aliphatic heterocycles. The van der Waals surface area contributed by atoms with Gasteiger partial charge in [0.2, 0.25) is 10.0 Å². The molecule has 1 aromatic rings. The van der Waals surface area contributed by atoms with Crippen LogP contribution in [0.5, 0.6) is 0 Å². The van der Waals surface area contributed by atoms with Crippen molar-refractivity contribution in [3.63, 3.8) is 0 Å². The molecule has 0 saturated carbocycles. The van der Waals surface area contributed by atoms with E-state index in [2.05, 4.69) is 15.9 Å². The van der Waals surface area contributed by atoms with Crippen LogP contribution in [-0.2, 0) is 27.4 Å². The van der Waals surface area contributed by atoms with Crippen molar-refractivity contribution < 1.29 is 17.0 Å². The van der Waals surface area contributed by atoms with Crippen molar-refractivity contribution in [3.05, 3.63) is 16.5 Å². The van der Waals surface area contributed by atoms with Crippen molar-refractivity contribution in [2.45, 2.75) is 11.4 Å². The highest BCUT2D eigenvalue weighted by Gasteiger charge is 2.31. The highest BCUT2D eigenvalue weighted by Crippen LogP contribution is 2.29. The molecule has 1 aromatic heterocycles. The summed E-state index contributed by atoms with van der Waals surface area (Å²) in [4.78, 5) is 0.0793. The molecule has 1 fully saturated rings. The minimum absolute atomic E-state index is 0.0793. The van der Waals surface area contributed by atoms with Crippen molar-refractivity contribution in [3.8, 4) is 0 Å². The molecule has 0 unspecified atom stereocenters. The molecule has 2 N–H and O–H groups in total. The number of hydrogen-bond donors (Lipinski definition) is 1. The summed E-state index contributed by atoms with van der Waals surface area (Å²) in [7, 11) is -4.52. The molecule has 0 bridgehead atoms. The smallest absolute Gasteiger partial charge is 0.247 e. The Balaban J connectivity index is 2.30. The predicted octanol–water partition coefficient (Wildman–Crippen LogP) is 0.254. The third kappa shape index (κ3) is 2.69. The topological polar surface area (TPSA) is 93.6 Å². The van der Waals surface area contributed by atoms with Gasteiger partial charge in [0.15, 0.2) is 4.67 Å². The average Bonchev–Trinajstić information content (AvgIpc) is 2.72. The lowest BCUT2D eigenvalue weighted by Crippen LogP contribution is -2.41. The van der Waals surface area contributed by atoms with Gasteiger partial charge < -0.3 is 10.2 Å². The molecule has 0 amide bonds. The van der Waals surface area contributed by atoms with Gasteiger partial charge in [-0.25, -0.2) is 8.42 Å². The standard InChI is InChI=1S/C9H13BrN2O4S2/c10-9-8(5-7(6-11)16-9)18(14,15)12-1-3-17(13)4-2-12/h5H,1-4,6,11H2. The van der Waals surface area contributed by atoms with Gasteiger partial charge in [-0.2, -0.15) is 4.31 Å². The molecule has 2 rings (SSSR count). The molecule has 1 aliphatic rings. The van der Waals surface area contributed by atoms with Gasteiger partial charge in [0, 0.05) is 41.5 Å². The summed E-state index contributed by atoms with van der Waals surface area (Å²) in [5, 5.41) is 0. The molecule has 0 aromatic carbocycles. The van der Waals surface area contributed by atoms with Crippen LogP contribution in [0.3, 0.4) is 0 Å². The van der Waals surface area contributed by atoms with Gasteiger partial charge in [0.25, 0.3) is 0 Å². The van der Waals surface area contributed by atoms with Gasteiger partial charge in [-0.3, -0.25) is 4.21 Å². The van der Waals surface area contributed by atoms with E-state index in [1.54, 1.807) is 0 Å². The van der Waals surface area contributed by atoms with Crippen LogP contribution in [0.4, 0.5) is 0 Å². The summed E-state index contributed by atoms with van der Waals surface area (Å²) >= 11 is 3.08. The number of furan rings is 1. The number of nitrogens with zero attached hydrogens (tertiary/aromatic N) is 1. The van der Waals surface area contributed by atoms with E-state index in [-0.39, 0.29) is 29.2 Å². The average molecular weight is 357 g/mol. The third-order valence-corrected chi connectivity index (χ3v) is 6.69. The molecule has 18 heavy (non-hydrogen) atoms. The lowest BCUT2D eigenvalue weighted by molar-refractivity contribution is 0.434. The first-order valence-corrected chi connectivity index (χ1v) is 9.00. The largest absolute Gasteiger partial charge is 0.452 e. The van der Waals surface area contributed by atoms with Crippen LogP contribution in [0.2, 0.25) is 0 Å². The van der Waals surface area contributed by atoms with Crippen molar-refractivity contribution in [1.82, 2.24) is 4.31 Å². The third-order valence-electron chi connectivity index (χ3n) is 2.66. The number of sulfonamides is 1. The lowest BCUT2D eigenvalue weighted by Gasteiger charge is -2.24. The Labute approximate surface area is 116 Å². The van der Waals surface area contributed by atoms with E-state index in [4.69, 9.17) is 10.2 Å². The molecular formula is C9H13BrN2O4S2. The Morgan fingerprint density at radius 2 is 2.06 bits per heavy atom. The molecule has 1 saturated heterocycles. The maximum atomic E-state index is 12.3. The summed E-state index contributed by atoms with van der Waals surface area (Å²) in [5.74, 6) is 1.15. The summed E-state index contributed by atoms with van der Waals surface area (Å²) in [5.41, 5.74) is 5.41. The van der Waals surface area contributed by atoms with Crippen LogP contribution in [0.15, 0.2) is 20.0 Å². The zero-order valence-corrected chi connectivity index (χ0v) is 12.7. The van der Waals surface area contributed by atoms with Crippen molar-refractivity contribution in [2.75, 3.05) is 24.6 Å². The molecule has 0 atom stereocenters. The summed E-state index contributed by atoms with van der Waals surface area (Å²) in [6.45, 7) is 0.674. The van der Waals surface area contributed by atoms with E-state index in [1.165, 1.54) is 10.4 Å². The zero-order valence-electron chi connectivity index (χ0n) is 9.46. The molecule has 0 radical (unpaired) electrons. The second kappa shape index (κ2) is 5.41. The fourth-order valence-corrected chi connectivity index (χ4v) is 5.36. The van der Waals surface area contributed by atoms with Crippen molar-refractivity contribution in [2.24, 2.45) is 5.73 Å². The van der Waals surface area contributed by atoms with Crippen LogP contribution < -0.4 is 5.73 Å². The zero-order chi connectivity index (χ0) is 13.3. The first-order valence-electron chi connectivity index (χ1n) is 5.28. The minimum atomic E-state index is -3.60. The molecule has 2 heterocycles. The van der Waals surface area contributed by atoms with Gasteiger partial charge in [0.1, 0.15) is 10.7 Å². The van der Waals surface area contributed by atoms with Crippen molar-refractivity contribution >= 4 is 36.8 Å². The Morgan fingerprint density at radius 3 is 2.56 bits per heavy atom. The SMILES string of the molecule is NCc1cc(S(=O)(=O)N2CCS(=O)CC2)c(Br)o1. The summed E-state index contributed by atoms with van der Waals surface area (Å²) in [6.07, 6.45) is 0. The number of nitrogens with two attached hydrogens (primary N) is 1. The van der Waals surface area contributed by atoms with Crippen LogP contribution >= 0.6 is 15.9 Å². The summed E-state index contributed by atoms with van der Waals surface area (Å²) < 4.78 is 42.6. The Morgan fingerprint density at radius 1 is 1.44 bits per heavy atom. The molecule has 0 spiro atoms. The van der Waals surface area contributed by atoms with E-state index in [0.29, 0.717) is 17.3 Å². The highest BCUT2D eigenvalue weighted by atomic mass is 79.9. The Kier molecular flexibility index (Phi) is 4.27. The normalized spacial score (nSPS) is 19.2. The van der Waals surface area contributed by atoms with Gasteiger partial charge in [0.05, 0.1) is 6.54 Å². The van der Waals surface area contributed by atoms with Gasteiger partial charge in [-0.1, -0.05) is 0 Å². The van der Waals surface area contributed by atoms with Gasteiger partial charge in [-0.05, 0) is 15.9 Å². The van der Waals surface area contributed by atoms with Crippen LogP contribution in [0, 0.1) is 0 Å². The molecule has 6 nitrogen and oxygen atoms in total. The van der Waals surface area contributed by atoms with E-state index in [0.717, 1.165) is 0 Å². The Hall–Kier alpha value is -0.220.